The highest BCUT2D eigenvalue weighted by atomic mass is 32.2. The zero-order valence-corrected chi connectivity index (χ0v) is 14.0. The first-order chi connectivity index (χ1) is 12.0. The molecule has 0 bridgehead atoms. The summed E-state index contributed by atoms with van der Waals surface area (Å²) in [5, 5.41) is 2.88. The van der Waals surface area contributed by atoms with Crippen LogP contribution in [0.15, 0.2) is 77.8 Å². The van der Waals surface area contributed by atoms with Gasteiger partial charge in [-0.05, 0) is 47.9 Å². The summed E-state index contributed by atoms with van der Waals surface area (Å²) in [5.74, 6) is 0. The van der Waals surface area contributed by atoms with E-state index in [9.17, 15) is 8.42 Å². The van der Waals surface area contributed by atoms with Gasteiger partial charge in [0.2, 0.25) is 0 Å². The molecule has 0 radical (unpaired) electrons. The number of pyridine rings is 1. The van der Waals surface area contributed by atoms with Gasteiger partial charge in [-0.2, -0.15) is 0 Å². The fraction of sp³-hybridized carbons (Fsp3) is 0. The van der Waals surface area contributed by atoms with Crippen molar-refractivity contribution in [2.75, 3.05) is 10.5 Å². The standard InChI is InChI=1S/C19H15N3O2S/c20-14-6-9-16(10-7-14)25(23,24)22-15-8-5-13-12-21-19-4-2-1-3-17(19)18(13)11-15/h1-12,22H,20H2. The lowest BCUT2D eigenvalue weighted by Crippen LogP contribution is -2.12. The molecule has 1 aromatic heterocycles. The van der Waals surface area contributed by atoms with Crippen LogP contribution in [-0.2, 0) is 10.0 Å². The molecule has 0 atom stereocenters. The number of anilines is 2. The van der Waals surface area contributed by atoms with Crippen LogP contribution in [0.25, 0.3) is 21.7 Å². The number of sulfonamides is 1. The summed E-state index contributed by atoms with van der Waals surface area (Å²) in [6.07, 6.45) is 1.79. The number of benzene rings is 3. The molecular weight excluding hydrogens is 334 g/mol. The van der Waals surface area contributed by atoms with E-state index in [-0.39, 0.29) is 4.90 Å². The predicted molar refractivity (Wildman–Crippen MR) is 101 cm³/mol. The van der Waals surface area contributed by atoms with Gasteiger partial charge in [-0.15, -0.1) is 0 Å². The Morgan fingerprint density at radius 3 is 2.44 bits per heavy atom. The number of rotatable bonds is 3. The van der Waals surface area contributed by atoms with Gasteiger partial charge in [-0.1, -0.05) is 24.3 Å². The largest absolute Gasteiger partial charge is 0.399 e. The normalized spacial score (nSPS) is 11.7. The fourth-order valence-electron chi connectivity index (χ4n) is 2.78. The molecule has 0 saturated heterocycles. The van der Waals surface area contributed by atoms with E-state index in [0.717, 1.165) is 21.7 Å². The molecule has 0 saturated carbocycles. The van der Waals surface area contributed by atoms with E-state index in [1.807, 2.05) is 36.4 Å². The molecule has 3 aromatic carbocycles. The molecule has 4 aromatic rings. The van der Waals surface area contributed by atoms with Gasteiger partial charge in [-0.25, -0.2) is 8.42 Å². The highest BCUT2D eigenvalue weighted by Gasteiger charge is 2.14. The van der Waals surface area contributed by atoms with Crippen molar-refractivity contribution in [3.8, 4) is 0 Å². The third-order valence-corrected chi connectivity index (χ3v) is 5.43. The molecule has 0 amide bonds. The lowest BCUT2D eigenvalue weighted by Gasteiger charge is -2.10. The molecule has 6 heteroatoms. The number of fused-ring (bicyclic) bond motifs is 3. The van der Waals surface area contributed by atoms with Gasteiger partial charge >= 0.3 is 0 Å². The molecule has 1 heterocycles. The third-order valence-electron chi connectivity index (χ3n) is 4.03. The molecule has 0 aliphatic heterocycles. The van der Waals surface area contributed by atoms with Crippen molar-refractivity contribution in [1.82, 2.24) is 4.98 Å². The molecule has 0 aliphatic carbocycles. The Morgan fingerprint density at radius 2 is 1.64 bits per heavy atom. The Hall–Kier alpha value is -3.12. The average Bonchev–Trinajstić information content (AvgIpc) is 2.61. The van der Waals surface area contributed by atoms with Crippen LogP contribution < -0.4 is 10.5 Å². The average molecular weight is 349 g/mol. The summed E-state index contributed by atoms with van der Waals surface area (Å²) in [5.41, 5.74) is 7.50. The van der Waals surface area contributed by atoms with E-state index in [4.69, 9.17) is 5.73 Å². The Kier molecular flexibility index (Phi) is 3.54. The molecule has 5 nitrogen and oxygen atoms in total. The first kappa shape index (κ1) is 15.4. The number of para-hydroxylation sites is 1. The number of nitrogens with one attached hydrogen (secondary N) is 1. The summed E-state index contributed by atoms with van der Waals surface area (Å²) in [6.45, 7) is 0. The second kappa shape index (κ2) is 5.75. The number of nitrogens with two attached hydrogens (primary N) is 1. The van der Waals surface area contributed by atoms with E-state index in [1.54, 1.807) is 24.4 Å². The predicted octanol–water partition coefficient (Wildman–Crippen LogP) is 3.77. The minimum absolute atomic E-state index is 0.168. The molecule has 3 N–H and O–H groups in total. The quantitative estimate of drug-likeness (QED) is 0.435. The maximum absolute atomic E-state index is 12.5. The van der Waals surface area contributed by atoms with Crippen LogP contribution in [0.4, 0.5) is 11.4 Å². The smallest absolute Gasteiger partial charge is 0.261 e. The van der Waals surface area contributed by atoms with Gasteiger partial charge in [0.05, 0.1) is 10.4 Å². The number of aromatic nitrogens is 1. The van der Waals surface area contributed by atoms with Gasteiger partial charge < -0.3 is 5.73 Å². The molecule has 0 aliphatic rings. The van der Waals surface area contributed by atoms with Crippen molar-refractivity contribution < 1.29 is 8.42 Å². The van der Waals surface area contributed by atoms with Gasteiger partial charge in [0.15, 0.2) is 0 Å². The van der Waals surface area contributed by atoms with Gasteiger partial charge in [0.1, 0.15) is 0 Å². The summed E-state index contributed by atoms with van der Waals surface area (Å²) < 4.78 is 27.7. The van der Waals surface area contributed by atoms with Crippen LogP contribution in [0.3, 0.4) is 0 Å². The minimum atomic E-state index is -3.67. The Labute approximate surface area is 145 Å². The van der Waals surface area contributed by atoms with Gasteiger partial charge in [0, 0.05) is 28.3 Å². The molecule has 0 unspecified atom stereocenters. The zero-order valence-electron chi connectivity index (χ0n) is 13.2. The Morgan fingerprint density at radius 1 is 0.880 bits per heavy atom. The molecule has 124 valence electrons. The van der Waals surface area contributed by atoms with Crippen LogP contribution in [-0.4, -0.2) is 13.4 Å². The SMILES string of the molecule is Nc1ccc(S(=O)(=O)Nc2ccc3cnc4ccccc4c3c2)cc1. The van der Waals surface area contributed by atoms with Crippen LogP contribution in [0.2, 0.25) is 0 Å². The molecule has 25 heavy (non-hydrogen) atoms. The Balaban J connectivity index is 1.79. The highest BCUT2D eigenvalue weighted by molar-refractivity contribution is 7.92. The van der Waals surface area contributed by atoms with Gasteiger partial charge in [-0.3, -0.25) is 9.71 Å². The zero-order chi connectivity index (χ0) is 17.4. The maximum Gasteiger partial charge on any atom is 0.261 e. The number of hydrogen-bond donors (Lipinski definition) is 2. The van der Waals surface area contributed by atoms with Crippen molar-refractivity contribution in [3.63, 3.8) is 0 Å². The lowest BCUT2D eigenvalue weighted by molar-refractivity contribution is 0.601. The maximum atomic E-state index is 12.5. The minimum Gasteiger partial charge on any atom is -0.399 e. The van der Waals surface area contributed by atoms with E-state index in [0.29, 0.717) is 11.4 Å². The third kappa shape index (κ3) is 2.88. The number of nitrogens with zero attached hydrogens (tertiary/aromatic N) is 1. The van der Waals surface area contributed by atoms with E-state index in [2.05, 4.69) is 9.71 Å². The van der Waals surface area contributed by atoms with Crippen molar-refractivity contribution in [1.29, 1.82) is 0 Å². The first-order valence-electron chi connectivity index (χ1n) is 7.69. The fourth-order valence-corrected chi connectivity index (χ4v) is 3.83. The van der Waals surface area contributed by atoms with Crippen molar-refractivity contribution >= 4 is 43.1 Å². The Bertz CT molecular complexity index is 1190. The highest BCUT2D eigenvalue weighted by Crippen LogP contribution is 2.27. The first-order valence-corrected chi connectivity index (χ1v) is 9.17. The summed E-state index contributed by atoms with van der Waals surface area (Å²) >= 11 is 0. The number of hydrogen-bond acceptors (Lipinski definition) is 4. The summed E-state index contributed by atoms with van der Waals surface area (Å²) in [7, 11) is -3.67. The molecular formula is C19H15N3O2S. The van der Waals surface area contributed by atoms with E-state index >= 15 is 0 Å². The van der Waals surface area contributed by atoms with Crippen molar-refractivity contribution in [2.45, 2.75) is 4.90 Å². The van der Waals surface area contributed by atoms with Crippen molar-refractivity contribution in [2.24, 2.45) is 0 Å². The topological polar surface area (TPSA) is 85.1 Å². The molecule has 0 spiro atoms. The molecule has 0 fully saturated rings. The van der Waals surface area contributed by atoms with E-state index < -0.39 is 10.0 Å². The second-order valence-electron chi connectivity index (χ2n) is 5.75. The second-order valence-corrected chi connectivity index (χ2v) is 7.43. The van der Waals surface area contributed by atoms with Crippen LogP contribution in [0, 0.1) is 0 Å². The van der Waals surface area contributed by atoms with Crippen LogP contribution in [0.5, 0.6) is 0 Å². The molecule has 4 rings (SSSR count). The number of nitrogen functional groups attached to an aromatic ring is 1. The van der Waals surface area contributed by atoms with Crippen molar-refractivity contribution in [3.05, 3.63) is 72.9 Å². The summed E-state index contributed by atoms with van der Waals surface area (Å²) in [6, 6.07) is 19.3. The van der Waals surface area contributed by atoms with E-state index in [1.165, 1.54) is 12.1 Å². The lowest BCUT2D eigenvalue weighted by atomic mass is 10.1. The summed E-state index contributed by atoms with van der Waals surface area (Å²) in [4.78, 5) is 4.59. The van der Waals surface area contributed by atoms with Gasteiger partial charge in [0.25, 0.3) is 10.0 Å². The van der Waals surface area contributed by atoms with Crippen LogP contribution >= 0.6 is 0 Å². The van der Waals surface area contributed by atoms with Crippen LogP contribution in [0.1, 0.15) is 0 Å². The monoisotopic (exact) mass is 349 g/mol.